The summed E-state index contributed by atoms with van der Waals surface area (Å²) in [6.07, 6.45) is 1.63. The van der Waals surface area contributed by atoms with Gasteiger partial charge in [-0.15, -0.1) is 0 Å². The molecule has 1 aromatic heterocycles. The summed E-state index contributed by atoms with van der Waals surface area (Å²) in [6, 6.07) is 9.65. The molecule has 2 rings (SSSR count). The fraction of sp³-hybridized carbons (Fsp3) is 0.286. The molecule has 0 radical (unpaired) electrons. The molecule has 2 aromatic rings. The molecule has 1 heterocycles. The second-order valence-electron chi connectivity index (χ2n) is 3.91. The standard InChI is InChI=1S/C14H17NO3/c1-16-13-4-2-11(3-5-13)9-17-10-14-12(8-15)6-7-18-14/h2-7H,8-10,15H2,1H3. The fourth-order valence-electron chi connectivity index (χ4n) is 1.66. The highest BCUT2D eigenvalue weighted by atomic mass is 16.5. The van der Waals surface area contributed by atoms with Crippen LogP contribution in [0.2, 0.25) is 0 Å². The van der Waals surface area contributed by atoms with Crippen LogP contribution in [-0.4, -0.2) is 7.11 Å². The van der Waals surface area contributed by atoms with Crippen LogP contribution >= 0.6 is 0 Å². The van der Waals surface area contributed by atoms with Crippen LogP contribution in [0.15, 0.2) is 41.0 Å². The Morgan fingerprint density at radius 1 is 1.11 bits per heavy atom. The molecule has 18 heavy (non-hydrogen) atoms. The highest BCUT2D eigenvalue weighted by Gasteiger charge is 2.04. The van der Waals surface area contributed by atoms with E-state index in [-0.39, 0.29) is 0 Å². The molecule has 0 aliphatic rings. The Hall–Kier alpha value is -1.78. The van der Waals surface area contributed by atoms with Crippen molar-refractivity contribution in [2.24, 2.45) is 5.73 Å². The van der Waals surface area contributed by atoms with Gasteiger partial charge in [-0.3, -0.25) is 0 Å². The minimum Gasteiger partial charge on any atom is -0.497 e. The first kappa shape index (κ1) is 12.7. The molecule has 1 aromatic carbocycles. The lowest BCUT2D eigenvalue weighted by atomic mass is 10.2. The number of furan rings is 1. The number of hydrogen-bond donors (Lipinski definition) is 1. The molecule has 2 N–H and O–H groups in total. The van der Waals surface area contributed by atoms with Crippen molar-refractivity contribution in [2.45, 2.75) is 19.8 Å². The van der Waals surface area contributed by atoms with E-state index in [1.807, 2.05) is 30.3 Å². The van der Waals surface area contributed by atoms with E-state index in [2.05, 4.69) is 0 Å². The first-order chi connectivity index (χ1) is 8.83. The molecule has 0 unspecified atom stereocenters. The van der Waals surface area contributed by atoms with E-state index in [9.17, 15) is 0 Å². The van der Waals surface area contributed by atoms with Crippen molar-refractivity contribution < 1.29 is 13.9 Å². The molecule has 0 amide bonds. The van der Waals surface area contributed by atoms with Gasteiger partial charge in [0.05, 0.1) is 20.0 Å². The number of rotatable bonds is 6. The molecule has 4 heteroatoms. The van der Waals surface area contributed by atoms with Crippen molar-refractivity contribution in [2.75, 3.05) is 7.11 Å². The Bertz CT molecular complexity index is 476. The van der Waals surface area contributed by atoms with Crippen molar-refractivity contribution in [3.63, 3.8) is 0 Å². The van der Waals surface area contributed by atoms with Gasteiger partial charge in [0.25, 0.3) is 0 Å². The summed E-state index contributed by atoms with van der Waals surface area (Å²) in [7, 11) is 1.65. The van der Waals surface area contributed by atoms with Crippen LogP contribution in [0.5, 0.6) is 5.75 Å². The molecule has 0 saturated carbocycles. The first-order valence-electron chi connectivity index (χ1n) is 5.79. The Labute approximate surface area is 106 Å². The van der Waals surface area contributed by atoms with Gasteiger partial charge in [0.15, 0.2) is 0 Å². The van der Waals surface area contributed by atoms with Crippen molar-refractivity contribution in [3.05, 3.63) is 53.5 Å². The third-order valence-electron chi connectivity index (χ3n) is 2.72. The third-order valence-corrected chi connectivity index (χ3v) is 2.72. The normalized spacial score (nSPS) is 10.6. The van der Waals surface area contributed by atoms with E-state index >= 15 is 0 Å². The van der Waals surface area contributed by atoms with Crippen molar-refractivity contribution in [1.29, 1.82) is 0 Å². The van der Waals surface area contributed by atoms with Crippen LogP contribution in [-0.2, 0) is 24.5 Å². The van der Waals surface area contributed by atoms with Crippen LogP contribution in [0.1, 0.15) is 16.9 Å². The molecule has 0 saturated heterocycles. The smallest absolute Gasteiger partial charge is 0.133 e. The van der Waals surface area contributed by atoms with E-state index in [1.165, 1.54) is 0 Å². The van der Waals surface area contributed by atoms with Crippen LogP contribution in [0, 0.1) is 0 Å². The molecule has 0 fully saturated rings. The maximum Gasteiger partial charge on any atom is 0.133 e. The fourth-order valence-corrected chi connectivity index (χ4v) is 1.66. The lowest BCUT2D eigenvalue weighted by Crippen LogP contribution is -2.00. The van der Waals surface area contributed by atoms with Crippen LogP contribution in [0.4, 0.5) is 0 Å². The lowest BCUT2D eigenvalue weighted by molar-refractivity contribution is 0.0922. The van der Waals surface area contributed by atoms with Gasteiger partial charge in [-0.05, 0) is 23.8 Å². The summed E-state index contributed by atoms with van der Waals surface area (Å²) in [6.45, 7) is 1.44. The number of benzene rings is 1. The van der Waals surface area contributed by atoms with Gasteiger partial charge in [-0.1, -0.05) is 12.1 Å². The van der Waals surface area contributed by atoms with Crippen molar-refractivity contribution in [1.82, 2.24) is 0 Å². The molecule has 0 aliphatic carbocycles. The molecule has 0 bridgehead atoms. The number of nitrogens with two attached hydrogens (primary N) is 1. The third kappa shape index (κ3) is 3.12. The van der Waals surface area contributed by atoms with Crippen molar-refractivity contribution in [3.8, 4) is 5.75 Å². The average Bonchev–Trinajstić information content (AvgIpc) is 2.87. The van der Waals surface area contributed by atoms with Gasteiger partial charge in [0.1, 0.15) is 18.1 Å². The van der Waals surface area contributed by atoms with E-state index in [0.717, 1.165) is 22.6 Å². The number of ether oxygens (including phenoxy) is 2. The Kier molecular flexibility index (Phi) is 4.39. The second kappa shape index (κ2) is 6.23. The monoisotopic (exact) mass is 247 g/mol. The molecular weight excluding hydrogens is 230 g/mol. The van der Waals surface area contributed by atoms with E-state index in [4.69, 9.17) is 19.6 Å². The van der Waals surface area contributed by atoms with Gasteiger partial charge in [-0.2, -0.15) is 0 Å². The highest BCUT2D eigenvalue weighted by Crippen LogP contribution is 2.14. The Morgan fingerprint density at radius 3 is 2.56 bits per heavy atom. The Morgan fingerprint density at radius 2 is 1.89 bits per heavy atom. The first-order valence-corrected chi connectivity index (χ1v) is 5.79. The van der Waals surface area contributed by atoms with E-state index < -0.39 is 0 Å². The SMILES string of the molecule is COc1ccc(COCc2occc2CN)cc1. The zero-order chi connectivity index (χ0) is 12.8. The largest absolute Gasteiger partial charge is 0.497 e. The minimum absolute atomic E-state index is 0.436. The Balaban J connectivity index is 1.84. The molecule has 96 valence electrons. The van der Waals surface area contributed by atoms with Gasteiger partial charge in [0, 0.05) is 12.1 Å². The number of hydrogen-bond acceptors (Lipinski definition) is 4. The molecular formula is C14H17NO3. The van der Waals surface area contributed by atoms with Gasteiger partial charge in [-0.25, -0.2) is 0 Å². The predicted molar refractivity (Wildman–Crippen MR) is 68.1 cm³/mol. The zero-order valence-corrected chi connectivity index (χ0v) is 10.4. The molecule has 4 nitrogen and oxygen atoms in total. The maximum atomic E-state index is 5.59. The molecule has 0 aliphatic heterocycles. The maximum absolute atomic E-state index is 5.59. The van der Waals surface area contributed by atoms with Crippen LogP contribution in [0.25, 0.3) is 0 Å². The average molecular weight is 247 g/mol. The summed E-state index contributed by atoms with van der Waals surface area (Å²) in [4.78, 5) is 0. The summed E-state index contributed by atoms with van der Waals surface area (Å²) in [5, 5.41) is 0. The topological polar surface area (TPSA) is 57.6 Å². The second-order valence-corrected chi connectivity index (χ2v) is 3.91. The summed E-state index contributed by atoms with van der Waals surface area (Å²) >= 11 is 0. The van der Waals surface area contributed by atoms with E-state index in [0.29, 0.717) is 19.8 Å². The van der Waals surface area contributed by atoms with Crippen LogP contribution < -0.4 is 10.5 Å². The summed E-state index contributed by atoms with van der Waals surface area (Å²) in [5.41, 5.74) is 7.67. The summed E-state index contributed by atoms with van der Waals surface area (Å²) < 4.78 is 16.0. The van der Waals surface area contributed by atoms with Crippen molar-refractivity contribution >= 4 is 0 Å². The quantitative estimate of drug-likeness (QED) is 0.852. The van der Waals surface area contributed by atoms with E-state index in [1.54, 1.807) is 13.4 Å². The summed E-state index contributed by atoms with van der Waals surface area (Å²) in [5.74, 6) is 1.64. The van der Waals surface area contributed by atoms with Gasteiger partial charge >= 0.3 is 0 Å². The predicted octanol–water partition coefficient (Wildman–Crippen LogP) is 2.46. The zero-order valence-electron chi connectivity index (χ0n) is 10.4. The molecule has 0 spiro atoms. The number of methoxy groups -OCH3 is 1. The van der Waals surface area contributed by atoms with Crippen LogP contribution in [0.3, 0.4) is 0 Å². The highest BCUT2D eigenvalue weighted by molar-refractivity contribution is 5.26. The molecule has 0 atom stereocenters. The minimum atomic E-state index is 0.436. The van der Waals surface area contributed by atoms with Gasteiger partial charge < -0.3 is 19.6 Å². The van der Waals surface area contributed by atoms with Gasteiger partial charge in [0.2, 0.25) is 0 Å². The lowest BCUT2D eigenvalue weighted by Gasteiger charge is -2.05.